The Kier molecular flexibility index (Phi) is 5.26. The number of hydrogen-bond acceptors (Lipinski definition) is 3. The lowest BCUT2D eigenvalue weighted by molar-refractivity contribution is 0.0465. The molecule has 0 amide bonds. The van der Waals surface area contributed by atoms with Crippen LogP contribution in [0.15, 0.2) is 24.3 Å². The van der Waals surface area contributed by atoms with Crippen LogP contribution in [0.4, 0.5) is 0 Å². The number of aryl methyl sites for hydroxylation is 1. The maximum Gasteiger partial charge on any atom is 0.355 e. The fourth-order valence-electron chi connectivity index (χ4n) is 2.82. The van der Waals surface area contributed by atoms with Crippen molar-refractivity contribution in [3.8, 4) is 0 Å². The van der Waals surface area contributed by atoms with Crippen LogP contribution in [0, 0.1) is 13.8 Å². The number of nitrogens with one attached hydrogen (secondary N) is 1. The van der Waals surface area contributed by atoms with Crippen LogP contribution < -0.4 is 0 Å². The molecule has 0 aliphatic carbocycles. The molecule has 0 radical (unpaired) electrons. The number of carbonyl (C=O) groups excluding carboxylic acids is 1. The Morgan fingerprint density at radius 2 is 1.78 bits per heavy atom. The van der Waals surface area contributed by atoms with Crippen molar-refractivity contribution in [2.45, 2.75) is 53.2 Å². The fraction of sp³-hybridized carbons (Fsp3) is 0.421. The molecule has 0 unspecified atom stereocenters. The van der Waals surface area contributed by atoms with E-state index in [0.717, 1.165) is 22.4 Å². The van der Waals surface area contributed by atoms with Gasteiger partial charge in [-0.15, -0.1) is 0 Å². The smallest absolute Gasteiger partial charge is 0.355 e. The van der Waals surface area contributed by atoms with Crippen LogP contribution in [0.1, 0.15) is 71.2 Å². The summed E-state index contributed by atoms with van der Waals surface area (Å²) in [5.41, 5.74) is 4.94. The quantitative estimate of drug-likeness (QED) is 0.814. The van der Waals surface area contributed by atoms with Gasteiger partial charge in [0.25, 0.3) is 0 Å². The molecule has 4 heteroatoms. The Hall–Kier alpha value is -2.07. The van der Waals surface area contributed by atoms with Crippen molar-refractivity contribution in [2.24, 2.45) is 0 Å². The van der Waals surface area contributed by atoms with Crippen LogP contribution >= 0.6 is 0 Å². The van der Waals surface area contributed by atoms with Crippen molar-refractivity contribution in [1.82, 2.24) is 4.98 Å². The molecule has 0 saturated heterocycles. The monoisotopic (exact) mass is 315 g/mol. The van der Waals surface area contributed by atoms with Gasteiger partial charge < -0.3 is 14.8 Å². The zero-order valence-electron chi connectivity index (χ0n) is 14.4. The zero-order valence-corrected chi connectivity index (χ0v) is 14.4. The van der Waals surface area contributed by atoms with E-state index in [1.165, 1.54) is 5.56 Å². The van der Waals surface area contributed by atoms with Gasteiger partial charge in [-0.05, 0) is 43.4 Å². The van der Waals surface area contributed by atoms with Gasteiger partial charge in [0.15, 0.2) is 0 Å². The third-order valence-electron chi connectivity index (χ3n) is 4.13. The molecule has 1 aromatic carbocycles. The number of aliphatic hydroxyl groups is 1. The summed E-state index contributed by atoms with van der Waals surface area (Å²) in [6.45, 7) is 9.87. The Bertz CT molecular complexity index is 681. The van der Waals surface area contributed by atoms with Gasteiger partial charge in [0.05, 0.1) is 6.10 Å². The van der Waals surface area contributed by atoms with E-state index in [4.69, 9.17) is 4.74 Å². The zero-order chi connectivity index (χ0) is 17.1. The molecule has 1 atom stereocenters. The van der Waals surface area contributed by atoms with Crippen molar-refractivity contribution in [3.05, 3.63) is 57.9 Å². The first-order valence-electron chi connectivity index (χ1n) is 7.94. The number of ether oxygens (including phenoxy) is 1. The molecule has 0 aliphatic rings. The van der Waals surface area contributed by atoms with Gasteiger partial charge in [-0.1, -0.05) is 38.1 Å². The minimum atomic E-state index is -0.614. The summed E-state index contributed by atoms with van der Waals surface area (Å²) in [7, 11) is 0. The average Bonchev–Trinajstić information content (AvgIpc) is 2.80. The number of rotatable bonds is 5. The van der Waals surface area contributed by atoms with Crippen LogP contribution in [0.2, 0.25) is 0 Å². The van der Waals surface area contributed by atoms with E-state index in [1.807, 2.05) is 26.0 Å². The van der Waals surface area contributed by atoms with Crippen LogP contribution in [-0.2, 0) is 11.3 Å². The molecule has 1 heterocycles. The van der Waals surface area contributed by atoms with Crippen molar-refractivity contribution < 1.29 is 14.6 Å². The highest BCUT2D eigenvalue weighted by Crippen LogP contribution is 2.25. The summed E-state index contributed by atoms with van der Waals surface area (Å²) >= 11 is 0. The third-order valence-corrected chi connectivity index (χ3v) is 4.13. The topological polar surface area (TPSA) is 62.3 Å². The molecular formula is C19H25NO3. The standard InChI is InChI=1S/C19H25NO3/c1-11(2)16-8-6-15(7-9-16)10-23-19(22)18-12(3)17(14(5)21)13(4)20-18/h6-9,11,14,20-21H,10H2,1-5H3/t14-/m1/s1. The van der Waals surface area contributed by atoms with Crippen LogP contribution in [0.3, 0.4) is 0 Å². The number of esters is 1. The maximum absolute atomic E-state index is 12.3. The molecule has 2 aromatic rings. The Morgan fingerprint density at radius 3 is 2.26 bits per heavy atom. The lowest BCUT2D eigenvalue weighted by atomic mass is 10.0. The van der Waals surface area contributed by atoms with Crippen molar-refractivity contribution in [2.75, 3.05) is 0 Å². The molecule has 0 bridgehead atoms. The number of H-pyrrole nitrogens is 1. The summed E-state index contributed by atoms with van der Waals surface area (Å²) in [5.74, 6) is 0.0838. The summed E-state index contributed by atoms with van der Waals surface area (Å²) in [5, 5.41) is 9.79. The summed E-state index contributed by atoms with van der Waals surface area (Å²) in [6.07, 6.45) is -0.614. The first-order chi connectivity index (χ1) is 10.8. The highest BCUT2D eigenvalue weighted by atomic mass is 16.5. The number of hydrogen-bond donors (Lipinski definition) is 2. The number of aromatic nitrogens is 1. The Labute approximate surface area is 137 Å². The second kappa shape index (κ2) is 7.01. The van der Waals surface area contributed by atoms with Crippen molar-refractivity contribution in [1.29, 1.82) is 0 Å². The number of carbonyl (C=O) groups is 1. The van der Waals surface area contributed by atoms with E-state index in [9.17, 15) is 9.90 Å². The second-order valence-corrected chi connectivity index (χ2v) is 6.31. The number of aliphatic hydroxyl groups excluding tert-OH is 1. The first-order valence-corrected chi connectivity index (χ1v) is 7.94. The molecule has 1 aromatic heterocycles. The lowest BCUT2D eigenvalue weighted by Gasteiger charge is -2.08. The molecule has 124 valence electrons. The molecule has 2 N–H and O–H groups in total. The first kappa shape index (κ1) is 17.3. The Morgan fingerprint density at radius 1 is 1.17 bits per heavy atom. The SMILES string of the molecule is Cc1[nH]c(C(=O)OCc2ccc(C(C)C)cc2)c(C)c1[C@@H](C)O. The lowest BCUT2D eigenvalue weighted by Crippen LogP contribution is -2.07. The Balaban J connectivity index is 2.07. The molecular weight excluding hydrogens is 290 g/mol. The normalized spacial score (nSPS) is 12.5. The maximum atomic E-state index is 12.3. The number of aromatic amines is 1. The molecule has 23 heavy (non-hydrogen) atoms. The van der Waals surface area contributed by atoms with E-state index in [1.54, 1.807) is 6.92 Å². The molecule has 0 aliphatic heterocycles. The molecule has 0 spiro atoms. The highest BCUT2D eigenvalue weighted by molar-refractivity contribution is 5.89. The van der Waals surface area contributed by atoms with Gasteiger partial charge in [0.2, 0.25) is 0 Å². The summed E-state index contributed by atoms with van der Waals surface area (Å²) in [4.78, 5) is 15.3. The van der Waals surface area contributed by atoms with E-state index < -0.39 is 12.1 Å². The molecule has 0 fully saturated rings. The van der Waals surface area contributed by atoms with Gasteiger partial charge in [-0.2, -0.15) is 0 Å². The fourth-order valence-corrected chi connectivity index (χ4v) is 2.82. The van der Waals surface area contributed by atoms with Crippen molar-refractivity contribution >= 4 is 5.97 Å². The van der Waals surface area contributed by atoms with Crippen LogP contribution in [0.25, 0.3) is 0 Å². The summed E-state index contributed by atoms with van der Waals surface area (Å²) in [6, 6.07) is 8.08. The van der Waals surface area contributed by atoms with Gasteiger partial charge >= 0.3 is 5.97 Å². The van der Waals surface area contributed by atoms with E-state index in [-0.39, 0.29) is 6.61 Å². The van der Waals surface area contributed by atoms with Gasteiger partial charge in [-0.3, -0.25) is 0 Å². The van der Waals surface area contributed by atoms with Gasteiger partial charge in [0.1, 0.15) is 12.3 Å². The minimum Gasteiger partial charge on any atom is -0.456 e. The third kappa shape index (κ3) is 3.82. The molecule has 4 nitrogen and oxygen atoms in total. The minimum absolute atomic E-state index is 0.235. The average molecular weight is 315 g/mol. The van der Waals surface area contributed by atoms with E-state index in [0.29, 0.717) is 11.6 Å². The predicted octanol–water partition coefficient (Wildman–Crippen LogP) is 4.17. The number of benzene rings is 1. The van der Waals surface area contributed by atoms with E-state index in [2.05, 4.69) is 31.0 Å². The predicted molar refractivity (Wildman–Crippen MR) is 90.6 cm³/mol. The molecule has 0 saturated carbocycles. The van der Waals surface area contributed by atoms with Gasteiger partial charge in [-0.25, -0.2) is 4.79 Å². The highest BCUT2D eigenvalue weighted by Gasteiger charge is 2.20. The largest absolute Gasteiger partial charge is 0.456 e. The molecule has 2 rings (SSSR count). The summed E-state index contributed by atoms with van der Waals surface area (Å²) < 4.78 is 5.39. The van der Waals surface area contributed by atoms with Crippen molar-refractivity contribution in [3.63, 3.8) is 0 Å². The van der Waals surface area contributed by atoms with E-state index >= 15 is 0 Å². The van der Waals surface area contributed by atoms with Crippen LogP contribution in [-0.4, -0.2) is 16.1 Å². The van der Waals surface area contributed by atoms with Gasteiger partial charge in [0, 0.05) is 11.3 Å². The second-order valence-electron chi connectivity index (χ2n) is 6.31. The van der Waals surface area contributed by atoms with Crippen LogP contribution in [0.5, 0.6) is 0 Å².